The first-order valence-corrected chi connectivity index (χ1v) is 9.35. The van der Waals surface area contributed by atoms with Crippen molar-refractivity contribution in [1.82, 2.24) is 34.9 Å². The number of anilines is 1. The van der Waals surface area contributed by atoms with E-state index in [1.807, 2.05) is 25.1 Å². The minimum atomic E-state index is -0.153. The molecule has 29 heavy (non-hydrogen) atoms. The van der Waals surface area contributed by atoms with Gasteiger partial charge in [0.1, 0.15) is 17.5 Å². The van der Waals surface area contributed by atoms with Crippen molar-refractivity contribution in [1.29, 1.82) is 0 Å². The minimum Gasteiger partial charge on any atom is -0.362 e. The highest BCUT2D eigenvalue weighted by Crippen LogP contribution is 2.32. The van der Waals surface area contributed by atoms with Crippen molar-refractivity contribution in [3.8, 4) is 11.5 Å². The lowest BCUT2D eigenvalue weighted by molar-refractivity contribution is 0.869. The molecule has 0 fully saturated rings. The van der Waals surface area contributed by atoms with E-state index >= 15 is 0 Å². The van der Waals surface area contributed by atoms with E-state index in [1.165, 1.54) is 6.33 Å². The van der Waals surface area contributed by atoms with Crippen LogP contribution in [0, 0.1) is 0 Å². The molecule has 8 nitrogen and oxygen atoms in total. The molecule has 0 spiro atoms. The van der Waals surface area contributed by atoms with Gasteiger partial charge in [-0.05, 0) is 25.1 Å². The summed E-state index contributed by atoms with van der Waals surface area (Å²) in [7, 11) is 0. The molecule has 9 heteroatoms. The SMILES string of the molecule is CC(Nc1ncnc2[nH]cnc12)c1cc2cccc(Cl)c2nc1-c1ncccn1. The van der Waals surface area contributed by atoms with Crippen molar-refractivity contribution in [3.63, 3.8) is 0 Å². The number of nitrogens with one attached hydrogen (secondary N) is 2. The average molecular weight is 403 g/mol. The van der Waals surface area contributed by atoms with Crippen LogP contribution in [-0.2, 0) is 0 Å². The molecule has 1 atom stereocenters. The van der Waals surface area contributed by atoms with Crippen molar-refractivity contribution in [3.05, 3.63) is 66.0 Å². The van der Waals surface area contributed by atoms with Gasteiger partial charge in [0.2, 0.25) is 0 Å². The Labute approximate surface area is 170 Å². The lowest BCUT2D eigenvalue weighted by Crippen LogP contribution is -2.11. The van der Waals surface area contributed by atoms with Gasteiger partial charge >= 0.3 is 0 Å². The number of rotatable bonds is 4. The van der Waals surface area contributed by atoms with Gasteiger partial charge in [-0.15, -0.1) is 0 Å². The normalized spacial score (nSPS) is 12.3. The number of nitrogens with zero attached hydrogens (tertiary/aromatic N) is 6. The molecule has 4 aromatic heterocycles. The Bertz CT molecular complexity index is 1320. The molecular formula is C20H15ClN8. The van der Waals surface area contributed by atoms with E-state index in [0.29, 0.717) is 39.0 Å². The number of imidazole rings is 1. The van der Waals surface area contributed by atoms with E-state index in [0.717, 1.165) is 10.9 Å². The van der Waals surface area contributed by atoms with Crippen LogP contribution < -0.4 is 5.32 Å². The zero-order valence-corrected chi connectivity index (χ0v) is 16.1. The molecule has 0 amide bonds. The van der Waals surface area contributed by atoms with Crippen LogP contribution in [0.2, 0.25) is 5.02 Å². The van der Waals surface area contributed by atoms with E-state index < -0.39 is 0 Å². The van der Waals surface area contributed by atoms with Crippen molar-refractivity contribution in [2.75, 3.05) is 5.32 Å². The summed E-state index contributed by atoms with van der Waals surface area (Å²) < 4.78 is 0. The third-order valence-electron chi connectivity index (χ3n) is 4.64. The molecule has 0 aliphatic heterocycles. The number of hydrogen-bond donors (Lipinski definition) is 2. The average Bonchev–Trinajstić information content (AvgIpc) is 3.24. The van der Waals surface area contributed by atoms with Gasteiger partial charge in [-0.3, -0.25) is 0 Å². The predicted octanol–water partition coefficient (Wildman–Crippen LogP) is 4.18. The maximum Gasteiger partial charge on any atom is 0.178 e. The van der Waals surface area contributed by atoms with Crippen LogP contribution in [0.25, 0.3) is 33.6 Å². The maximum absolute atomic E-state index is 6.38. The highest BCUT2D eigenvalue weighted by atomic mass is 35.5. The molecule has 1 unspecified atom stereocenters. The number of halogens is 1. The number of hydrogen-bond acceptors (Lipinski definition) is 7. The van der Waals surface area contributed by atoms with Crippen molar-refractivity contribution in [2.45, 2.75) is 13.0 Å². The molecule has 142 valence electrons. The van der Waals surface area contributed by atoms with E-state index in [1.54, 1.807) is 24.8 Å². The zero-order chi connectivity index (χ0) is 19.8. The Hall–Kier alpha value is -3.65. The number of H-pyrrole nitrogens is 1. The van der Waals surface area contributed by atoms with Gasteiger partial charge in [0.05, 0.1) is 22.9 Å². The van der Waals surface area contributed by atoms with Gasteiger partial charge in [0, 0.05) is 23.3 Å². The van der Waals surface area contributed by atoms with Crippen LogP contribution in [0.4, 0.5) is 5.82 Å². The third-order valence-corrected chi connectivity index (χ3v) is 4.95. The summed E-state index contributed by atoms with van der Waals surface area (Å²) in [4.78, 5) is 29.4. The summed E-state index contributed by atoms with van der Waals surface area (Å²) in [5.41, 5.74) is 3.65. The van der Waals surface area contributed by atoms with Crippen LogP contribution >= 0.6 is 11.6 Å². The Morgan fingerprint density at radius 1 is 1.00 bits per heavy atom. The van der Waals surface area contributed by atoms with Gasteiger partial charge < -0.3 is 10.3 Å². The topological polar surface area (TPSA) is 105 Å². The van der Waals surface area contributed by atoms with Gasteiger partial charge in [-0.25, -0.2) is 29.9 Å². The van der Waals surface area contributed by atoms with Crippen LogP contribution in [0.15, 0.2) is 55.4 Å². The fourth-order valence-electron chi connectivity index (χ4n) is 3.26. The van der Waals surface area contributed by atoms with Gasteiger partial charge in [0.25, 0.3) is 0 Å². The maximum atomic E-state index is 6.38. The fourth-order valence-corrected chi connectivity index (χ4v) is 3.49. The standard InChI is InChI=1S/C20H15ClN8/c1-11(28-20-17-19(25-9-24-17)26-10-27-20)13-8-12-4-2-5-14(21)15(12)29-16(13)18-22-6-3-7-23-18/h2-11H,1H3,(H2,24,25,26,27,28). The fraction of sp³-hybridized carbons (Fsp3) is 0.100. The summed E-state index contributed by atoms with van der Waals surface area (Å²) >= 11 is 6.38. The van der Waals surface area contributed by atoms with E-state index in [4.69, 9.17) is 16.6 Å². The minimum absolute atomic E-state index is 0.153. The first-order valence-electron chi connectivity index (χ1n) is 8.98. The second-order valence-electron chi connectivity index (χ2n) is 6.50. The van der Waals surface area contributed by atoms with Gasteiger partial charge in [-0.1, -0.05) is 23.7 Å². The van der Waals surface area contributed by atoms with Gasteiger partial charge in [-0.2, -0.15) is 0 Å². The first kappa shape index (κ1) is 17.4. The number of aromatic nitrogens is 7. The second kappa shape index (κ2) is 7.06. The Balaban J connectivity index is 1.65. The molecule has 0 saturated heterocycles. The summed E-state index contributed by atoms with van der Waals surface area (Å²) in [6, 6.07) is 9.39. The highest BCUT2D eigenvalue weighted by molar-refractivity contribution is 6.35. The molecule has 1 aromatic carbocycles. The smallest absolute Gasteiger partial charge is 0.178 e. The number of fused-ring (bicyclic) bond motifs is 2. The monoisotopic (exact) mass is 402 g/mol. The molecule has 4 heterocycles. The highest BCUT2D eigenvalue weighted by Gasteiger charge is 2.19. The van der Waals surface area contributed by atoms with Gasteiger partial charge in [0.15, 0.2) is 17.3 Å². The molecule has 2 N–H and O–H groups in total. The number of para-hydroxylation sites is 1. The first-order chi connectivity index (χ1) is 14.2. The third kappa shape index (κ3) is 3.13. The molecule has 0 radical (unpaired) electrons. The summed E-state index contributed by atoms with van der Waals surface area (Å²) in [6.45, 7) is 2.03. The van der Waals surface area contributed by atoms with Crippen LogP contribution in [0.5, 0.6) is 0 Å². The largest absolute Gasteiger partial charge is 0.362 e. The second-order valence-corrected chi connectivity index (χ2v) is 6.91. The Kier molecular flexibility index (Phi) is 4.25. The van der Waals surface area contributed by atoms with Crippen molar-refractivity contribution >= 4 is 39.5 Å². The Morgan fingerprint density at radius 3 is 2.72 bits per heavy atom. The molecule has 0 aliphatic rings. The summed E-state index contributed by atoms with van der Waals surface area (Å²) in [6.07, 6.45) is 6.48. The summed E-state index contributed by atoms with van der Waals surface area (Å²) in [5.74, 6) is 1.17. The molecular weight excluding hydrogens is 388 g/mol. The molecule has 5 aromatic rings. The predicted molar refractivity (Wildman–Crippen MR) is 112 cm³/mol. The Morgan fingerprint density at radius 2 is 1.86 bits per heavy atom. The summed E-state index contributed by atoms with van der Waals surface area (Å²) in [5, 5.41) is 4.94. The van der Waals surface area contributed by atoms with E-state index in [9.17, 15) is 0 Å². The number of benzene rings is 1. The van der Waals surface area contributed by atoms with Crippen LogP contribution in [0.3, 0.4) is 0 Å². The number of aromatic amines is 1. The molecule has 5 rings (SSSR count). The van der Waals surface area contributed by atoms with Crippen molar-refractivity contribution in [2.24, 2.45) is 0 Å². The van der Waals surface area contributed by atoms with E-state index in [-0.39, 0.29) is 6.04 Å². The van der Waals surface area contributed by atoms with Crippen LogP contribution in [-0.4, -0.2) is 34.9 Å². The molecule has 0 bridgehead atoms. The van der Waals surface area contributed by atoms with Crippen molar-refractivity contribution < 1.29 is 0 Å². The van der Waals surface area contributed by atoms with E-state index in [2.05, 4.69) is 41.3 Å². The molecule has 0 saturated carbocycles. The quantitative estimate of drug-likeness (QED) is 0.464. The molecule has 0 aliphatic carbocycles. The number of pyridine rings is 1. The lowest BCUT2D eigenvalue weighted by atomic mass is 10.0. The zero-order valence-electron chi connectivity index (χ0n) is 15.3. The van der Waals surface area contributed by atoms with Crippen LogP contribution in [0.1, 0.15) is 18.5 Å². The lowest BCUT2D eigenvalue weighted by Gasteiger charge is -2.18.